The zero-order valence-electron chi connectivity index (χ0n) is 11.2. The van der Waals surface area contributed by atoms with Crippen LogP contribution >= 0.6 is 0 Å². The van der Waals surface area contributed by atoms with Crippen LogP contribution in [0.2, 0.25) is 0 Å². The van der Waals surface area contributed by atoms with Gasteiger partial charge in [0.2, 0.25) is 0 Å². The third-order valence-corrected chi connectivity index (χ3v) is 3.22. The van der Waals surface area contributed by atoms with Crippen LogP contribution in [0.15, 0.2) is 35.6 Å². The molecule has 1 saturated heterocycles. The van der Waals surface area contributed by atoms with Gasteiger partial charge in [0.05, 0.1) is 18.4 Å². The molecule has 0 aliphatic carbocycles. The molecule has 1 aromatic carbocycles. The standard InChI is InChI=1S/C13H15N3O5/c17-12(21-9-10-4-2-1-3-5-10)11-8-15(13(18)19)6-7-16(11)14-20/h1-5,11H,6-9H2,(H,18,19). The third kappa shape index (κ3) is 3.68. The summed E-state index contributed by atoms with van der Waals surface area (Å²) < 4.78 is 5.13. The van der Waals surface area contributed by atoms with Crippen LogP contribution in [-0.4, -0.2) is 52.8 Å². The number of nitrogens with zero attached hydrogens (tertiary/aromatic N) is 3. The lowest BCUT2D eigenvalue weighted by Gasteiger charge is -2.34. The van der Waals surface area contributed by atoms with Crippen LogP contribution in [0.5, 0.6) is 0 Å². The second kappa shape index (κ2) is 6.69. The van der Waals surface area contributed by atoms with Crippen molar-refractivity contribution >= 4 is 12.1 Å². The molecule has 0 radical (unpaired) electrons. The molecule has 0 spiro atoms. The molecule has 112 valence electrons. The Labute approximate surface area is 120 Å². The maximum absolute atomic E-state index is 12.0. The van der Waals surface area contributed by atoms with Crippen molar-refractivity contribution in [1.82, 2.24) is 9.91 Å². The number of esters is 1. The van der Waals surface area contributed by atoms with Gasteiger partial charge in [-0.2, -0.15) is 0 Å². The molecule has 1 aromatic rings. The molecule has 8 nitrogen and oxygen atoms in total. The van der Waals surface area contributed by atoms with E-state index in [-0.39, 0.29) is 26.2 Å². The number of amides is 1. The Bertz CT molecular complexity index is 522. The number of piperazine rings is 1. The van der Waals surface area contributed by atoms with Crippen LogP contribution in [0.3, 0.4) is 0 Å². The smallest absolute Gasteiger partial charge is 0.407 e. The highest BCUT2D eigenvalue weighted by Gasteiger charge is 2.35. The van der Waals surface area contributed by atoms with Gasteiger partial charge in [-0.05, 0) is 5.56 Å². The van der Waals surface area contributed by atoms with Crippen molar-refractivity contribution in [2.75, 3.05) is 19.6 Å². The van der Waals surface area contributed by atoms with Gasteiger partial charge >= 0.3 is 12.1 Å². The zero-order chi connectivity index (χ0) is 15.2. The maximum atomic E-state index is 12.0. The van der Waals surface area contributed by atoms with Crippen LogP contribution in [-0.2, 0) is 16.1 Å². The second-order valence-corrected chi connectivity index (χ2v) is 4.58. The van der Waals surface area contributed by atoms with Crippen molar-refractivity contribution in [3.8, 4) is 0 Å². The highest BCUT2D eigenvalue weighted by molar-refractivity contribution is 5.77. The van der Waals surface area contributed by atoms with Gasteiger partial charge < -0.3 is 14.7 Å². The largest absolute Gasteiger partial charge is 0.465 e. The van der Waals surface area contributed by atoms with Gasteiger partial charge in [0.15, 0.2) is 6.04 Å². The highest BCUT2D eigenvalue weighted by atomic mass is 16.5. The zero-order valence-corrected chi connectivity index (χ0v) is 11.2. The normalized spacial score (nSPS) is 18.2. The van der Waals surface area contributed by atoms with E-state index in [4.69, 9.17) is 9.84 Å². The highest BCUT2D eigenvalue weighted by Crippen LogP contribution is 2.13. The molecule has 0 bridgehead atoms. The van der Waals surface area contributed by atoms with E-state index in [0.717, 1.165) is 15.5 Å². The molecule has 1 aliphatic rings. The first kappa shape index (κ1) is 14.8. The second-order valence-electron chi connectivity index (χ2n) is 4.58. The summed E-state index contributed by atoms with van der Waals surface area (Å²) in [7, 11) is 0. The fraction of sp³-hybridized carbons (Fsp3) is 0.385. The van der Waals surface area contributed by atoms with Crippen molar-refractivity contribution in [2.45, 2.75) is 12.6 Å². The van der Waals surface area contributed by atoms with Gasteiger partial charge in [-0.25, -0.2) is 14.6 Å². The first-order valence-corrected chi connectivity index (χ1v) is 6.40. The van der Waals surface area contributed by atoms with Gasteiger partial charge in [-0.3, -0.25) is 0 Å². The Hall–Kier alpha value is -2.64. The molecule has 0 saturated carbocycles. The van der Waals surface area contributed by atoms with E-state index in [1.54, 1.807) is 12.1 Å². The third-order valence-electron chi connectivity index (χ3n) is 3.22. The number of ether oxygens (including phenoxy) is 1. The molecule has 1 N–H and O–H groups in total. The van der Waals surface area contributed by atoms with E-state index >= 15 is 0 Å². The summed E-state index contributed by atoms with van der Waals surface area (Å²) in [6.45, 7) is 0.134. The minimum Gasteiger partial charge on any atom is -0.465 e. The summed E-state index contributed by atoms with van der Waals surface area (Å²) in [5.41, 5.74) is 0.808. The molecule has 1 aliphatic heterocycles. The van der Waals surface area contributed by atoms with Crippen molar-refractivity contribution in [1.29, 1.82) is 0 Å². The van der Waals surface area contributed by atoms with Crippen LogP contribution in [0, 0.1) is 4.91 Å². The van der Waals surface area contributed by atoms with Gasteiger partial charge in [0.25, 0.3) is 0 Å². The van der Waals surface area contributed by atoms with Crippen molar-refractivity contribution < 1.29 is 19.4 Å². The summed E-state index contributed by atoms with van der Waals surface area (Å²) in [5.74, 6) is -0.663. The summed E-state index contributed by atoms with van der Waals surface area (Å²) in [5, 5.41) is 12.7. The Morgan fingerprint density at radius 3 is 2.62 bits per heavy atom. The Kier molecular flexibility index (Phi) is 4.70. The van der Waals surface area contributed by atoms with Crippen LogP contribution in [0.25, 0.3) is 0 Å². The van der Waals surface area contributed by atoms with Gasteiger partial charge in [-0.1, -0.05) is 30.3 Å². The van der Waals surface area contributed by atoms with Crippen LogP contribution < -0.4 is 0 Å². The lowest BCUT2D eigenvalue weighted by molar-refractivity contribution is -0.153. The number of hydrogen-bond acceptors (Lipinski definition) is 5. The molecule has 1 amide bonds. The van der Waals surface area contributed by atoms with E-state index in [0.29, 0.717) is 0 Å². The van der Waals surface area contributed by atoms with E-state index < -0.39 is 18.1 Å². The number of benzene rings is 1. The van der Waals surface area contributed by atoms with Crippen LogP contribution in [0.1, 0.15) is 5.56 Å². The predicted octanol–water partition coefficient (Wildman–Crippen LogP) is 1.08. The number of nitroso groups, excluding NO2 is 1. The fourth-order valence-corrected chi connectivity index (χ4v) is 2.07. The summed E-state index contributed by atoms with van der Waals surface area (Å²) in [6.07, 6.45) is -1.14. The van der Waals surface area contributed by atoms with Gasteiger partial charge in [0, 0.05) is 6.54 Å². The number of rotatable bonds is 4. The number of carbonyl (C=O) groups is 2. The minimum absolute atomic E-state index is 0.0654. The lowest BCUT2D eigenvalue weighted by atomic mass is 10.2. The van der Waals surface area contributed by atoms with Gasteiger partial charge in [-0.15, -0.1) is 4.91 Å². The number of carboxylic acid groups (broad SMARTS) is 1. The topological polar surface area (TPSA) is 99.5 Å². The monoisotopic (exact) mass is 293 g/mol. The number of carbonyl (C=O) groups excluding carboxylic acids is 1. The van der Waals surface area contributed by atoms with Crippen molar-refractivity contribution in [3.05, 3.63) is 40.8 Å². The van der Waals surface area contributed by atoms with Crippen molar-refractivity contribution in [2.24, 2.45) is 5.29 Å². The number of hydrogen-bond donors (Lipinski definition) is 1. The Morgan fingerprint density at radius 2 is 2.00 bits per heavy atom. The van der Waals surface area contributed by atoms with Crippen LogP contribution in [0.4, 0.5) is 4.79 Å². The summed E-state index contributed by atoms with van der Waals surface area (Å²) >= 11 is 0. The average molecular weight is 293 g/mol. The lowest BCUT2D eigenvalue weighted by Crippen LogP contribution is -2.55. The summed E-state index contributed by atoms with van der Waals surface area (Å²) in [4.78, 5) is 34.8. The molecular weight excluding hydrogens is 278 g/mol. The van der Waals surface area contributed by atoms with E-state index in [2.05, 4.69) is 5.29 Å². The van der Waals surface area contributed by atoms with E-state index in [1.165, 1.54) is 0 Å². The molecule has 1 unspecified atom stereocenters. The maximum Gasteiger partial charge on any atom is 0.407 e. The molecule has 0 aromatic heterocycles. The van der Waals surface area contributed by atoms with Crippen molar-refractivity contribution in [3.63, 3.8) is 0 Å². The molecule has 1 atom stereocenters. The molecule has 1 heterocycles. The summed E-state index contributed by atoms with van der Waals surface area (Å²) in [6, 6.07) is 8.07. The van der Waals surface area contributed by atoms with Gasteiger partial charge in [0.1, 0.15) is 6.61 Å². The SMILES string of the molecule is O=NN1CCN(C(=O)O)CC1C(=O)OCc1ccccc1. The minimum atomic E-state index is -1.14. The predicted molar refractivity (Wildman–Crippen MR) is 72.1 cm³/mol. The molecule has 1 fully saturated rings. The molecule has 21 heavy (non-hydrogen) atoms. The average Bonchev–Trinajstić information content (AvgIpc) is 2.52. The Morgan fingerprint density at radius 1 is 1.29 bits per heavy atom. The Balaban J connectivity index is 1.97. The molecule has 2 rings (SSSR count). The molecule has 8 heteroatoms. The first-order valence-electron chi connectivity index (χ1n) is 6.40. The fourth-order valence-electron chi connectivity index (χ4n) is 2.07. The van der Waals surface area contributed by atoms with E-state index in [1.807, 2.05) is 18.2 Å². The quantitative estimate of drug-likeness (QED) is 0.658. The van der Waals surface area contributed by atoms with E-state index in [9.17, 15) is 14.5 Å². The molecular formula is C13H15N3O5. The first-order chi connectivity index (χ1) is 10.1.